The van der Waals surface area contributed by atoms with Crippen LogP contribution in [0.2, 0.25) is 0 Å². The number of amides is 2. The molecule has 1 saturated carbocycles. The summed E-state index contributed by atoms with van der Waals surface area (Å²) in [4.78, 5) is 28.5. The lowest BCUT2D eigenvalue weighted by atomic mass is 9.79. The highest BCUT2D eigenvalue weighted by Gasteiger charge is 2.38. The lowest BCUT2D eigenvalue weighted by Gasteiger charge is -2.48. The summed E-state index contributed by atoms with van der Waals surface area (Å²) >= 11 is 0. The lowest BCUT2D eigenvalue weighted by Crippen LogP contribution is -2.60. The molecule has 0 aromatic rings. The monoisotopic (exact) mass is 337 g/mol. The van der Waals surface area contributed by atoms with Crippen molar-refractivity contribution in [2.45, 2.75) is 56.9 Å². The number of nitrogens with one attached hydrogen (secondary N) is 1. The molecule has 2 heterocycles. The molecule has 1 N–H and O–H groups in total. The summed E-state index contributed by atoms with van der Waals surface area (Å²) in [6.45, 7) is 5.14. The van der Waals surface area contributed by atoms with Crippen molar-refractivity contribution in [2.75, 3.05) is 45.9 Å². The topological polar surface area (TPSA) is 61.9 Å². The second-order valence-electron chi connectivity index (χ2n) is 7.43. The first-order valence-electron chi connectivity index (χ1n) is 9.57. The van der Waals surface area contributed by atoms with Gasteiger partial charge in [-0.2, -0.15) is 0 Å². The first kappa shape index (κ1) is 17.7. The van der Waals surface area contributed by atoms with Gasteiger partial charge in [-0.05, 0) is 25.7 Å². The van der Waals surface area contributed by atoms with Crippen LogP contribution < -0.4 is 5.32 Å². The normalized spacial score (nSPS) is 25.5. The molecule has 2 saturated heterocycles. The van der Waals surface area contributed by atoms with Crippen molar-refractivity contribution < 1.29 is 14.3 Å². The molecule has 0 aromatic carbocycles. The van der Waals surface area contributed by atoms with E-state index >= 15 is 0 Å². The number of hydrogen-bond donors (Lipinski definition) is 1. The molecule has 2 aliphatic heterocycles. The van der Waals surface area contributed by atoms with Crippen LogP contribution in [0, 0.1) is 0 Å². The van der Waals surface area contributed by atoms with Gasteiger partial charge in [0.2, 0.25) is 11.8 Å². The molecule has 0 radical (unpaired) electrons. The number of likely N-dealkylation sites (tertiary alicyclic amines) is 1. The molecule has 6 heteroatoms. The van der Waals surface area contributed by atoms with Crippen LogP contribution in [0.3, 0.4) is 0 Å². The Labute approximate surface area is 144 Å². The summed E-state index contributed by atoms with van der Waals surface area (Å²) in [5.41, 5.74) is 0.0869. The van der Waals surface area contributed by atoms with E-state index in [2.05, 4.69) is 10.2 Å². The molecule has 3 fully saturated rings. The number of rotatable bonds is 5. The minimum Gasteiger partial charge on any atom is -0.379 e. The summed E-state index contributed by atoms with van der Waals surface area (Å²) < 4.78 is 5.50. The van der Waals surface area contributed by atoms with E-state index < -0.39 is 0 Å². The molecular weight excluding hydrogens is 306 g/mol. The fourth-order valence-electron chi connectivity index (χ4n) is 4.37. The summed E-state index contributed by atoms with van der Waals surface area (Å²) in [5.74, 6) is 0.111. The molecular formula is C18H31N3O3. The van der Waals surface area contributed by atoms with Crippen LogP contribution in [0.4, 0.5) is 0 Å². The number of morpholine rings is 1. The van der Waals surface area contributed by atoms with Gasteiger partial charge in [-0.1, -0.05) is 19.3 Å². The number of ether oxygens (including phenoxy) is 1. The average Bonchev–Trinajstić information content (AvgIpc) is 2.63. The highest BCUT2D eigenvalue weighted by molar-refractivity contribution is 5.85. The molecule has 3 aliphatic rings. The Hall–Kier alpha value is -1.14. The summed E-state index contributed by atoms with van der Waals surface area (Å²) in [5, 5.41) is 3.14. The molecule has 0 aromatic heterocycles. The fourth-order valence-corrected chi connectivity index (χ4v) is 4.37. The predicted octanol–water partition coefficient (Wildman–Crippen LogP) is 1.15. The van der Waals surface area contributed by atoms with E-state index in [1.54, 1.807) is 4.90 Å². The van der Waals surface area contributed by atoms with Crippen LogP contribution >= 0.6 is 0 Å². The Kier molecular flexibility index (Phi) is 6.11. The number of hydrogen-bond acceptors (Lipinski definition) is 4. The SMILES string of the molecule is O=C(CN1CCCCC1=O)NCC1(N2CCOCC2)CCCCC1. The fraction of sp³-hybridized carbons (Fsp3) is 0.889. The van der Waals surface area contributed by atoms with E-state index in [0.29, 0.717) is 13.0 Å². The van der Waals surface area contributed by atoms with Gasteiger partial charge in [-0.25, -0.2) is 0 Å². The van der Waals surface area contributed by atoms with Crippen molar-refractivity contribution in [1.29, 1.82) is 0 Å². The quantitative estimate of drug-likeness (QED) is 0.817. The molecule has 136 valence electrons. The molecule has 0 spiro atoms. The molecule has 0 unspecified atom stereocenters. The van der Waals surface area contributed by atoms with E-state index in [1.165, 1.54) is 19.3 Å². The van der Waals surface area contributed by atoms with Crippen LogP contribution in [0.5, 0.6) is 0 Å². The van der Waals surface area contributed by atoms with Gasteiger partial charge < -0.3 is 15.0 Å². The second-order valence-corrected chi connectivity index (χ2v) is 7.43. The van der Waals surface area contributed by atoms with Crippen LogP contribution in [-0.4, -0.2) is 73.1 Å². The van der Waals surface area contributed by atoms with Gasteiger partial charge in [0, 0.05) is 38.1 Å². The maximum absolute atomic E-state index is 12.4. The minimum absolute atomic E-state index is 0.0107. The van der Waals surface area contributed by atoms with Gasteiger partial charge in [-0.3, -0.25) is 14.5 Å². The van der Waals surface area contributed by atoms with Crippen molar-refractivity contribution in [3.63, 3.8) is 0 Å². The Balaban J connectivity index is 1.54. The first-order valence-corrected chi connectivity index (χ1v) is 9.57. The number of carbonyl (C=O) groups excluding carboxylic acids is 2. The molecule has 2 amide bonds. The number of carbonyl (C=O) groups is 2. The Morgan fingerprint density at radius 2 is 1.79 bits per heavy atom. The van der Waals surface area contributed by atoms with Crippen LogP contribution in [0.1, 0.15) is 51.4 Å². The van der Waals surface area contributed by atoms with Crippen molar-refractivity contribution in [2.24, 2.45) is 0 Å². The maximum atomic E-state index is 12.4. The third-order valence-electron chi connectivity index (χ3n) is 5.84. The van der Waals surface area contributed by atoms with Gasteiger partial charge in [0.1, 0.15) is 0 Å². The Bertz CT molecular complexity index is 443. The zero-order valence-electron chi connectivity index (χ0n) is 14.7. The standard InChI is InChI=1S/C18H31N3O3/c22-16(14-20-9-5-2-6-17(20)23)19-15-18(7-3-1-4-8-18)21-10-12-24-13-11-21/h1-15H2,(H,19,22). The van der Waals surface area contributed by atoms with E-state index in [1.807, 2.05) is 0 Å². The zero-order valence-corrected chi connectivity index (χ0v) is 14.7. The molecule has 0 bridgehead atoms. The maximum Gasteiger partial charge on any atom is 0.239 e. The average molecular weight is 337 g/mol. The van der Waals surface area contributed by atoms with E-state index in [0.717, 1.165) is 58.5 Å². The summed E-state index contributed by atoms with van der Waals surface area (Å²) in [6, 6.07) is 0. The van der Waals surface area contributed by atoms with Crippen LogP contribution in [-0.2, 0) is 14.3 Å². The largest absolute Gasteiger partial charge is 0.379 e. The second kappa shape index (κ2) is 8.30. The Morgan fingerprint density at radius 1 is 1.04 bits per heavy atom. The molecule has 0 atom stereocenters. The minimum atomic E-state index is -0.0107. The van der Waals surface area contributed by atoms with Gasteiger partial charge in [0.15, 0.2) is 0 Å². The van der Waals surface area contributed by atoms with Crippen molar-refractivity contribution in [1.82, 2.24) is 15.1 Å². The van der Waals surface area contributed by atoms with Gasteiger partial charge in [0.05, 0.1) is 19.8 Å². The molecule has 3 rings (SSSR count). The summed E-state index contributed by atoms with van der Waals surface area (Å²) in [7, 11) is 0. The molecule has 1 aliphatic carbocycles. The van der Waals surface area contributed by atoms with Crippen LogP contribution in [0.25, 0.3) is 0 Å². The third kappa shape index (κ3) is 4.28. The first-order chi connectivity index (χ1) is 11.7. The highest BCUT2D eigenvalue weighted by atomic mass is 16.5. The van der Waals surface area contributed by atoms with Crippen molar-refractivity contribution >= 4 is 11.8 Å². The van der Waals surface area contributed by atoms with E-state index in [4.69, 9.17) is 4.74 Å². The van der Waals surface area contributed by atoms with Crippen LogP contribution in [0.15, 0.2) is 0 Å². The Morgan fingerprint density at radius 3 is 2.50 bits per heavy atom. The van der Waals surface area contributed by atoms with Crippen molar-refractivity contribution in [3.8, 4) is 0 Å². The van der Waals surface area contributed by atoms with Gasteiger partial charge in [-0.15, -0.1) is 0 Å². The van der Waals surface area contributed by atoms with E-state index in [9.17, 15) is 9.59 Å². The number of piperidine rings is 1. The molecule has 24 heavy (non-hydrogen) atoms. The zero-order chi connectivity index (χ0) is 16.8. The molecule has 6 nitrogen and oxygen atoms in total. The third-order valence-corrected chi connectivity index (χ3v) is 5.84. The smallest absolute Gasteiger partial charge is 0.239 e. The highest BCUT2D eigenvalue weighted by Crippen LogP contribution is 2.33. The predicted molar refractivity (Wildman–Crippen MR) is 91.6 cm³/mol. The lowest BCUT2D eigenvalue weighted by molar-refractivity contribution is -0.138. The van der Waals surface area contributed by atoms with E-state index in [-0.39, 0.29) is 23.9 Å². The van der Waals surface area contributed by atoms with Gasteiger partial charge >= 0.3 is 0 Å². The summed E-state index contributed by atoms with van der Waals surface area (Å²) in [6.07, 6.45) is 8.61. The van der Waals surface area contributed by atoms with Crippen molar-refractivity contribution in [3.05, 3.63) is 0 Å². The number of nitrogens with zero attached hydrogens (tertiary/aromatic N) is 2. The van der Waals surface area contributed by atoms with Gasteiger partial charge in [0.25, 0.3) is 0 Å².